The first-order valence-electron chi connectivity index (χ1n) is 11.0. The van der Waals surface area contributed by atoms with E-state index in [0.29, 0.717) is 26.1 Å². The molecule has 0 aliphatic carbocycles. The van der Waals surface area contributed by atoms with E-state index in [1.54, 1.807) is 6.20 Å². The van der Waals surface area contributed by atoms with Crippen molar-refractivity contribution in [3.05, 3.63) is 66.4 Å². The molecular formula is C25H23F3N2O3. The highest BCUT2D eigenvalue weighted by Crippen LogP contribution is 2.44. The van der Waals surface area contributed by atoms with Gasteiger partial charge >= 0.3 is 12.1 Å². The normalized spacial score (nSPS) is 19.2. The molecule has 8 heteroatoms. The highest BCUT2D eigenvalue weighted by Gasteiger charge is 2.49. The molecule has 1 amide bonds. The van der Waals surface area contributed by atoms with E-state index >= 15 is 0 Å². The SMILES string of the molecule is O=C(N1CCC(C2(c3ccc(-c4ccc5ncccc5c4)cc3)OCCO2)CC1)C(F)(F)F. The van der Waals surface area contributed by atoms with E-state index in [1.165, 1.54) is 0 Å². The van der Waals surface area contributed by atoms with Crippen LogP contribution < -0.4 is 0 Å². The Kier molecular flexibility index (Phi) is 5.58. The lowest BCUT2D eigenvalue weighted by Crippen LogP contribution is -2.49. The van der Waals surface area contributed by atoms with Crippen LogP contribution in [0.4, 0.5) is 13.2 Å². The van der Waals surface area contributed by atoms with Gasteiger partial charge in [-0.2, -0.15) is 13.2 Å². The third-order valence-corrected chi connectivity index (χ3v) is 6.50. The summed E-state index contributed by atoms with van der Waals surface area (Å²) < 4.78 is 50.5. The van der Waals surface area contributed by atoms with Crippen LogP contribution in [0.3, 0.4) is 0 Å². The fraction of sp³-hybridized carbons (Fsp3) is 0.360. The molecule has 3 heterocycles. The molecule has 1 aromatic heterocycles. The summed E-state index contributed by atoms with van der Waals surface area (Å²) in [7, 11) is 0. The van der Waals surface area contributed by atoms with Crippen LogP contribution in [0.1, 0.15) is 18.4 Å². The maximum Gasteiger partial charge on any atom is 0.471 e. The number of alkyl halides is 3. The summed E-state index contributed by atoms with van der Waals surface area (Å²) in [6, 6.07) is 17.9. The number of hydrogen-bond acceptors (Lipinski definition) is 4. The standard InChI is InChI=1S/C25H23F3N2O3/c26-25(27,28)23(31)30-12-9-21(10-13-30)24(32-14-15-33-24)20-6-3-17(4-7-20)18-5-8-22-19(16-18)2-1-11-29-22/h1-8,11,16,21H,9-10,12-15H2. The van der Waals surface area contributed by atoms with E-state index in [1.807, 2.05) is 48.5 Å². The Morgan fingerprint density at radius 3 is 2.30 bits per heavy atom. The first-order valence-corrected chi connectivity index (χ1v) is 11.0. The highest BCUT2D eigenvalue weighted by atomic mass is 19.4. The zero-order valence-electron chi connectivity index (χ0n) is 17.8. The number of pyridine rings is 1. The van der Waals surface area contributed by atoms with E-state index in [0.717, 1.165) is 32.5 Å². The summed E-state index contributed by atoms with van der Waals surface area (Å²) in [5.41, 5.74) is 3.86. The monoisotopic (exact) mass is 456 g/mol. The second-order valence-electron chi connectivity index (χ2n) is 8.42. The van der Waals surface area contributed by atoms with Crippen molar-refractivity contribution in [3.63, 3.8) is 0 Å². The Hall–Kier alpha value is -2.97. The molecule has 2 aromatic carbocycles. The average molecular weight is 456 g/mol. The van der Waals surface area contributed by atoms with Crippen molar-refractivity contribution in [2.45, 2.75) is 24.8 Å². The second kappa shape index (κ2) is 8.43. The van der Waals surface area contributed by atoms with Crippen LogP contribution in [-0.4, -0.2) is 48.3 Å². The smallest absolute Gasteiger partial charge is 0.343 e. The number of halogens is 3. The van der Waals surface area contributed by atoms with E-state index in [2.05, 4.69) is 11.1 Å². The number of ether oxygens (including phenoxy) is 2. The van der Waals surface area contributed by atoms with Gasteiger partial charge in [-0.3, -0.25) is 9.78 Å². The third-order valence-electron chi connectivity index (χ3n) is 6.50. The summed E-state index contributed by atoms with van der Waals surface area (Å²) in [5, 5.41) is 1.05. The number of hydrogen-bond donors (Lipinski definition) is 0. The predicted molar refractivity (Wildman–Crippen MR) is 116 cm³/mol. The number of amides is 1. The van der Waals surface area contributed by atoms with Crippen LogP contribution in [0.25, 0.3) is 22.0 Å². The number of carbonyl (C=O) groups is 1. The summed E-state index contributed by atoms with van der Waals surface area (Å²) in [5.74, 6) is -2.92. The fourth-order valence-electron chi connectivity index (χ4n) is 4.86. The summed E-state index contributed by atoms with van der Waals surface area (Å²) in [6.45, 7) is 0.892. The van der Waals surface area contributed by atoms with Crippen molar-refractivity contribution in [3.8, 4) is 11.1 Å². The molecule has 5 rings (SSSR count). The van der Waals surface area contributed by atoms with Gasteiger partial charge in [0.1, 0.15) is 0 Å². The van der Waals surface area contributed by atoms with Crippen LogP contribution in [0.15, 0.2) is 60.8 Å². The summed E-state index contributed by atoms with van der Waals surface area (Å²) in [4.78, 5) is 16.8. The van der Waals surface area contributed by atoms with Crippen molar-refractivity contribution in [2.24, 2.45) is 5.92 Å². The topological polar surface area (TPSA) is 51.7 Å². The van der Waals surface area contributed by atoms with Gasteiger partial charge in [0.25, 0.3) is 0 Å². The summed E-state index contributed by atoms with van der Waals surface area (Å²) >= 11 is 0. The Morgan fingerprint density at radius 1 is 0.970 bits per heavy atom. The zero-order valence-corrected chi connectivity index (χ0v) is 17.8. The van der Waals surface area contributed by atoms with Crippen molar-refractivity contribution in [2.75, 3.05) is 26.3 Å². The van der Waals surface area contributed by atoms with E-state index in [-0.39, 0.29) is 19.0 Å². The van der Waals surface area contributed by atoms with Crippen molar-refractivity contribution >= 4 is 16.8 Å². The number of piperidine rings is 1. The lowest BCUT2D eigenvalue weighted by molar-refractivity contribution is -0.218. The molecule has 33 heavy (non-hydrogen) atoms. The molecule has 2 aliphatic heterocycles. The van der Waals surface area contributed by atoms with Crippen LogP contribution in [0, 0.1) is 5.92 Å². The maximum atomic E-state index is 12.8. The lowest BCUT2D eigenvalue weighted by atomic mass is 9.83. The van der Waals surface area contributed by atoms with Gasteiger partial charge in [0.05, 0.1) is 18.7 Å². The molecule has 0 unspecified atom stereocenters. The van der Waals surface area contributed by atoms with Gasteiger partial charge in [0, 0.05) is 36.2 Å². The average Bonchev–Trinajstić information content (AvgIpc) is 3.34. The van der Waals surface area contributed by atoms with Gasteiger partial charge in [-0.05, 0) is 42.2 Å². The van der Waals surface area contributed by atoms with Crippen LogP contribution in [-0.2, 0) is 20.1 Å². The Labute approximate surface area is 189 Å². The van der Waals surface area contributed by atoms with E-state index in [4.69, 9.17) is 9.47 Å². The van der Waals surface area contributed by atoms with E-state index < -0.39 is 17.9 Å². The van der Waals surface area contributed by atoms with Gasteiger partial charge < -0.3 is 14.4 Å². The van der Waals surface area contributed by atoms with E-state index in [9.17, 15) is 18.0 Å². The fourth-order valence-corrected chi connectivity index (χ4v) is 4.86. The molecule has 5 nitrogen and oxygen atoms in total. The molecule has 172 valence electrons. The number of fused-ring (bicyclic) bond motifs is 1. The van der Waals surface area contributed by atoms with Crippen LogP contribution >= 0.6 is 0 Å². The molecule has 2 aliphatic rings. The number of aromatic nitrogens is 1. The van der Waals surface area contributed by atoms with Crippen molar-refractivity contribution in [1.29, 1.82) is 0 Å². The first-order chi connectivity index (χ1) is 15.9. The van der Waals surface area contributed by atoms with Crippen LogP contribution in [0.2, 0.25) is 0 Å². The maximum absolute atomic E-state index is 12.8. The predicted octanol–water partition coefficient (Wildman–Crippen LogP) is 4.90. The highest BCUT2D eigenvalue weighted by molar-refractivity contribution is 5.84. The molecule has 2 fully saturated rings. The Balaban J connectivity index is 1.37. The number of carbonyl (C=O) groups excluding carboxylic acids is 1. The molecule has 0 bridgehead atoms. The third kappa shape index (κ3) is 4.09. The van der Waals surface area contributed by atoms with Gasteiger partial charge in [0.2, 0.25) is 0 Å². The van der Waals surface area contributed by atoms with Gasteiger partial charge in [-0.1, -0.05) is 36.4 Å². The Morgan fingerprint density at radius 2 is 1.64 bits per heavy atom. The van der Waals surface area contributed by atoms with Crippen molar-refractivity contribution < 1.29 is 27.4 Å². The zero-order chi connectivity index (χ0) is 23.1. The molecule has 0 N–H and O–H groups in total. The molecule has 0 spiro atoms. The van der Waals surface area contributed by atoms with Crippen LogP contribution in [0.5, 0.6) is 0 Å². The molecule has 2 saturated heterocycles. The second-order valence-corrected chi connectivity index (χ2v) is 8.42. The summed E-state index contributed by atoms with van der Waals surface area (Å²) in [6.07, 6.45) is -2.33. The molecule has 0 radical (unpaired) electrons. The lowest BCUT2D eigenvalue weighted by Gasteiger charge is -2.41. The number of nitrogens with zero attached hydrogens (tertiary/aromatic N) is 2. The van der Waals surface area contributed by atoms with Gasteiger partial charge in [-0.25, -0.2) is 0 Å². The van der Waals surface area contributed by atoms with Gasteiger partial charge in [0.15, 0.2) is 5.79 Å². The molecular weight excluding hydrogens is 433 g/mol. The number of benzene rings is 2. The largest absolute Gasteiger partial charge is 0.471 e. The minimum atomic E-state index is -4.85. The molecule has 3 aromatic rings. The number of rotatable bonds is 3. The molecule has 0 atom stereocenters. The minimum absolute atomic E-state index is 0.0285. The first kappa shape index (κ1) is 21.9. The molecule has 0 saturated carbocycles. The Bertz CT molecular complexity index is 1150. The minimum Gasteiger partial charge on any atom is -0.343 e. The quantitative estimate of drug-likeness (QED) is 0.563. The van der Waals surface area contributed by atoms with Gasteiger partial charge in [-0.15, -0.1) is 0 Å². The van der Waals surface area contributed by atoms with Crippen molar-refractivity contribution in [1.82, 2.24) is 9.88 Å². The number of likely N-dealkylation sites (tertiary alicyclic amines) is 1.